The fourth-order valence-corrected chi connectivity index (χ4v) is 2.10. The monoisotopic (exact) mass is 328 g/mol. The van der Waals surface area contributed by atoms with Gasteiger partial charge in [-0.25, -0.2) is 0 Å². The molecule has 0 aromatic heterocycles. The molecule has 0 atom stereocenters. The molecule has 3 heteroatoms. The number of Topliss-reactive ketones (excluding diaryl/α,β-unsaturated/α-hetero) is 1. The quantitative estimate of drug-likeness (QED) is 0.402. The van der Waals surface area contributed by atoms with Crippen molar-refractivity contribution < 1.29 is 4.79 Å². The van der Waals surface area contributed by atoms with Gasteiger partial charge in [0.05, 0.1) is 0 Å². The molecular weight excluding hydrogens is 296 g/mol. The Morgan fingerprint density at radius 3 is 1.88 bits per heavy atom. The molecule has 0 bridgehead atoms. The molecular formula is C21H32N2O. The van der Waals surface area contributed by atoms with Crippen LogP contribution in [0.25, 0.3) is 5.57 Å². The zero-order valence-electron chi connectivity index (χ0n) is 15.4. The lowest BCUT2D eigenvalue weighted by molar-refractivity contribution is 0.101. The number of nitrogens with two attached hydrogens (primary N) is 1. The maximum absolute atomic E-state index is 11.2. The Bertz CT molecular complexity index is 537. The van der Waals surface area contributed by atoms with E-state index in [-0.39, 0.29) is 5.78 Å². The highest BCUT2D eigenvalue weighted by Gasteiger charge is 2.04. The summed E-state index contributed by atoms with van der Waals surface area (Å²) in [5.74, 6) is 0.0588. The van der Waals surface area contributed by atoms with Gasteiger partial charge < -0.3 is 11.1 Å². The number of benzene rings is 1. The number of carbonyl (C=O) groups is 1. The molecule has 3 N–H and O–H groups in total. The average molecular weight is 329 g/mol. The van der Waals surface area contributed by atoms with E-state index in [0.29, 0.717) is 12.1 Å². The summed E-state index contributed by atoms with van der Waals surface area (Å²) in [7, 11) is 0. The van der Waals surface area contributed by atoms with Crippen LogP contribution in [0.1, 0.15) is 49.5 Å². The summed E-state index contributed by atoms with van der Waals surface area (Å²) in [5.41, 5.74) is 9.23. The molecule has 0 saturated carbocycles. The van der Waals surface area contributed by atoms with Gasteiger partial charge in [0.15, 0.2) is 5.78 Å². The topological polar surface area (TPSA) is 55.1 Å². The van der Waals surface area contributed by atoms with Gasteiger partial charge in [0.2, 0.25) is 0 Å². The van der Waals surface area contributed by atoms with Gasteiger partial charge in [-0.15, -0.1) is 0 Å². The summed E-state index contributed by atoms with van der Waals surface area (Å²) in [4.78, 5) is 11.2. The van der Waals surface area contributed by atoms with Crippen molar-refractivity contribution in [3.63, 3.8) is 0 Å². The molecule has 0 aliphatic heterocycles. The van der Waals surface area contributed by atoms with E-state index in [2.05, 4.69) is 32.3 Å². The van der Waals surface area contributed by atoms with Crippen LogP contribution in [0.5, 0.6) is 0 Å². The fraction of sp³-hybridized carbons (Fsp3) is 0.381. The zero-order chi connectivity index (χ0) is 18.4. The molecule has 24 heavy (non-hydrogen) atoms. The van der Waals surface area contributed by atoms with E-state index in [1.54, 1.807) is 31.2 Å². The molecule has 132 valence electrons. The smallest absolute Gasteiger partial charge is 0.159 e. The van der Waals surface area contributed by atoms with Crippen LogP contribution in [0.15, 0.2) is 55.1 Å². The molecule has 1 aromatic carbocycles. The Morgan fingerprint density at radius 2 is 1.54 bits per heavy atom. The minimum Gasteiger partial charge on any atom is -0.326 e. The average Bonchev–Trinajstić information content (AvgIpc) is 2.60. The van der Waals surface area contributed by atoms with Crippen LogP contribution in [-0.2, 0) is 0 Å². The number of nitrogens with one attached hydrogen (secondary N) is 1. The summed E-state index contributed by atoms with van der Waals surface area (Å²) in [6.07, 6.45) is 5.99. The van der Waals surface area contributed by atoms with E-state index in [9.17, 15) is 4.79 Å². The minimum atomic E-state index is 0.0588. The summed E-state index contributed by atoms with van der Waals surface area (Å²) < 4.78 is 0. The highest BCUT2D eigenvalue weighted by molar-refractivity contribution is 5.94. The molecule has 0 aliphatic rings. The van der Waals surface area contributed by atoms with Crippen LogP contribution < -0.4 is 11.1 Å². The highest BCUT2D eigenvalue weighted by atomic mass is 16.1. The molecule has 3 nitrogen and oxygen atoms in total. The van der Waals surface area contributed by atoms with Gasteiger partial charge in [0, 0.05) is 12.1 Å². The summed E-state index contributed by atoms with van der Waals surface area (Å²) in [6, 6.07) is 7.40. The third-order valence-corrected chi connectivity index (χ3v) is 3.47. The summed E-state index contributed by atoms with van der Waals surface area (Å²) in [5, 5.41) is 3.28. The van der Waals surface area contributed by atoms with E-state index >= 15 is 0 Å². The van der Waals surface area contributed by atoms with Crippen LogP contribution in [0.2, 0.25) is 0 Å². The first-order valence-electron chi connectivity index (χ1n) is 8.55. The van der Waals surface area contributed by atoms with Crippen molar-refractivity contribution in [2.75, 3.05) is 19.6 Å². The number of carbonyl (C=O) groups excluding carboxylic acids is 1. The molecule has 0 spiro atoms. The number of hydrogen-bond donors (Lipinski definition) is 2. The van der Waals surface area contributed by atoms with Gasteiger partial charge in [0.25, 0.3) is 0 Å². The maximum Gasteiger partial charge on any atom is 0.159 e. The van der Waals surface area contributed by atoms with Gasteiger partial charge in [-0.05, 0) is 49.6 Å². The first-order valence-corrected chi connectivity index (χ1v) is 8.55. The third kappa shape index (κ3) is 8.04. The maximum atomic E-state index is 11.2. The Morgan fingerprint density at radius 1 is 1.04 bits per heavy atom. The predicted octanol–water partition coefficient (Wildman–Crippen LogP) is 4.37. The lowest BCUT2D eigenvalue weighted by atomic mass is 9.98. The first kappa shape index (κ1) is 22.0. The Hall–Kier alpha value is -1.97. The second kappa shape index (κ2) is 13.5. The Balaban J connectivity index is 0.000000640. The number of allylic oxidation sites excluding steroid dienone is 2. The van der Waals surface area contributed by atoms with Gasteiger partial charge >= 0.3 is 0 Å². The third-order valence-electron chi connectivity index (χ3n) is 3.47. The molecule has 0 fully saturated rings. The van der Waals surface area contributed by atoms with Crippen LogP contribution in [0.4, 0.5) is 0 Å². The van der Waals surface area contributed by atoms with Crippen LogP contribution in [0.3, 0.4) is 0 Å². The molecule has 0 unspecified atom stereocenters. The first-order chi connectivity index (χ1) is 11.5. The van der Waals surface area contributed by atoms with E-state index in [1.165, 1.54) is 25.9 Å². The second-order valence-electron chi connectivity index (χ2n) is 5.43. The van der Waals surface area contributed by atoms with Crippen LogP contribution in [-0.4, -0.2) is 25.4 Å². The van der Waals surface area contributed by atoms with Crippen LogP contribution >= 0.6 is 0 Å². The second-order valence-corrected chi connectivity index (χ2v) is 5.43. The highest BCUT2D eigenvalue weighted by Crippen LogP contribution is 2.20. The van der Waals surface area contributed by atoms with Gasteiger partial charge in [-0.3, -0.25) is 4.79 Å². The SMILES string of the molecule is C=C/C(CN)=C(\C=C)c1ccc(C(C)=O)cc1.CCCNCCC. The van der Waals surface area contributed by atoms with Gasteiger partial charge in [0.1, 0.15) is 0 Å². The van der Waals surface area contributed by atoms with E-state index in [4.69, 9.17) is 5.73 Å². The molecule has 1 rings (SSSR count). The fourth-order valence-electron chi connectivity index (χ4n) is 2.10. The van der Waals surface area contributed by atoms with Crippen molar-refractivity contribution in [1.29, 1.82) is 0 Å². The van der Waals surface area contributed by atoms with Crippen molar-refractivity contribution >= 4 is 11.4 Å². The normalized spacial score (nSPS) is 11.0. The van der Waals surface area contributed by atoms with Crippen molar-refractivity contribution in [2.45, 2.75) is 33.6 Å². The van der Waals surface area contributed by atoms with Crippen LogP contribution in [0, 0.1) is 0 Å². The molecule has 0 aliphatic carbocycles. The van der Waals surface area contributed by atoms with E-state index in [1.807, 2.05) is 12.1 Å². The largest absolute Gasteiger partial charge is 0.326 e. The number of rotatable bonds is 9. The molecule has 0 radical (unpaired) electrons. The van der Waals surface area contributed by atoms with E-state index < -0.39 is 0 Å². The molecule has 0 saturated heterocycles. The van der Waals surface area contributed by atoms with Gasteiger partial charge in [-0.2, -0.15) is 0 Å². The number of hydrogen-bond acceptors (Lipinski definition) is 3. The van der Waals surface area contributed by atoms with Crippen molar-refractivity contribution in [3.05, 3.63) is 66.3 Å². The van der Waals surface area contributed by atoms with E-state index in [0.717, 1.165) is 16.7 Å². The Kier molecular flexibility index (Phi) is 12.4. The lowest BCUT2D eigenvalue weighted by Gasteiger charge is -2.08. The Labute approximate surface area is 147 Å². The van der Waals surface area contributed by atoms with Crippen molar-refractivity contribution in [1.82, 2.24) is 5.32 Å². The molecule has 1 aromatic rings. The standard InChI is InChI=1S/C15H17NO.C6H15N/c1-4-12(10-16)15(5-2)14-8-6-13(7-9-14)11(3)17;1-3-5-7-6-4-2/h4-9H,1-2,10,16H2,3H3;7H,3-6H2,1-2H3/b15-12-;. The van der Waals surface area contributed by atoms with Gasteiger partial charge in [-0.1, -0.05) is 63.4 Å². The lowest BCUT2D eigenvalue weighted by Crippen LogP contribution is -2.14. The van der Waals surface area contributed by atoms with Crippen molar-refractivity contribution in [2.24, 2.45) is 5.73 Å². The molecule has 0 heterocycles. The minimum absolute atomic E-state index is 0.0588. The molecule has 0 amide bonds. The summed E-state index contributed by atoms with van der Waals surface area (Å²) in [6.45, 7) is 16.2. The van der Waals surface area contributed by atoms with Crippen molar-refractivity contribution in [3.8, 4) is 0 Å². The predicted molar refractivity (Wildman–Crippen MR) is 106 cm³/mol. The number of ketones is 1. The summed E-state index contributed by atoms with van der Waals surface area (Å²) >= 11 is 0. The zero-order valence-corrected chi connectivity index (χ0v) is 15.4.